The number of piperidine rings is 1. The highest BCUT2D eigenvalue weighted by molar-refractivity contribution is 7.87. The zero-order valence-corrected chi connectivity index (χ0v) is 19.1. The molecule has 10 nitrogen and oxygen atoms in total. The van der Waals surface area contributed by atoms with Gasteiger partial charge in [0, 0.05) is 12.6 Å². The van der Waals surface area contributed by atoms with E-state index in [0.29, 0.717) is 23.4 Å². The van der Waals surface area contributed by atoms with E-state index < -0.39 is 16.2 Å². The van der Waals surface area contributed by atoms with Gasteiger partial charge in [-0.2, -0.15) is 8.42 Å². The first-order chi connectivity index (χ1) is 15.9. The molecule has 0 saturated carbocycles. The summed E-state index contributed by atoms with van der Waals surface area (Å²) in [4.78, 5) is 20.7. The van der Waals surface area contributed by atoms with Crippen LogP contribution in [0.3, 0.4) is 0 Å². The van der Waals surface area contributed by atoms with E-state index in [-0.39, 0.29) is 16.6 Å². The summed E-state index contributed by atoms with van der Waals surface area (Å²) >= 11 is 0. The number of likely N-dealkylation sites (tertiary alicyclic amines) is 1. The molecule has 33 heavy (non-hydrogen) atoms. The van der Waals surface area contributed by atoms with Crippen LogP contribution in [-0.2, 0) is 14.9 Å². The summed E-state index contributed by atoms with van der Waals surface area (Å²) in [7, 11) is -2.80. The summed E-state index contributed by atoms with van der Waals surface area (Å²) in [5.74, 6) is 0.890. The Labute approximate surface area is 192 Å². The second kappa shape index (κ2) is 10.1. The van der Waals surface area contributed by atoms with Gasteiger partial charge in [0.25, 0.3) is 0 Å². The van der Waals surface area contributed by atoms with Crippen molar-refractivity contribution in [3.05, 3.63) is 42.5 Å². The van der Waals surface area contributed by atoms with Crippen molar-refractivity contribution in [2.24, 2.45) is 0 Å². The normalized spacial score (nSPS) is 14.7. The van der Waals surface area contributed by atoms with Crippen LogP contribution in [-0.4, -0.2) is 62.7 Å². The van der Waals surface area contributed by atoms with E-state index in [9.17, 15) is 13.2 Å². The number of hydrogen-bond acceptors (Lipinski definition) is 8. The summed E-state index contributed by atoms with van der Waals surface area (Å²) in [6, 6.07) is 10.7. The zero-order chi connectivity index (χ0) is 23.3. The van der Waals surface area contributed by atoms with Crippen molar-refractivity contribution in [1.82, 2.24) is 14.9 Å². The number of aromatic nitrogens is 2. The Balaban J connectivity index is 1.37. The third-order valence-corrected chi connectivity index (χ3v) is 6.56. The third-order valence-electron chi connectivity index (χ3n) is 5.30. The maximum Gasteiger partial charge on any atom is 0.413 e. The van der Waals surface area contributed by atoms with Gasteiger partial charge in [0.2, 0.25) is 5.95 Å². The third kappa shape index (κ3) is 5.93. The van der Waals surface area contributed by atoms with Crippen molar-refractivity contribution in [3.8, 4) is 11.5 Å². The fourth-order valence-electron chi connectivity index (χ4n) is 3.60. The Morgan fingerprint density at radius 3 is 2.55 bits per heavy atom. The molecule has 1 aliphatic heterocycles. The summed E-state index contributed by atoms with van der Waals surface area (Å²) < 4.78 is 40.9. The van der Waals surface area contributed by atoms with Crippen LogP contribution in [0.25, 0.3) is 11.0 Å². The molecule has 0 spiro atoms. The molecule has 1 aliphatic rings. The summed E-state index contributed by atoms with van der Waals surface area (Å²) in [5, 5.41) is 2.41. The van der Waals surface area contributed by atoms with Crippen LogP contribution in [0.5, 0.6) is 11.5 Å². The lowest BCUT2D eigenvalue weighted by molar-refractivity contribution is 0.183. The second-order valence-electron chi connectivity index (χ2n) is 7.64. The molecule has 0 bridgehead atoms. The van der Waals surface area contributed by atoms with Crippen molar-refractivity contribution in [2.45, 2.75) is 24.2 Å². The second-order valence-corrected chi connectivity index (χ2v) is 9.19. The Morgan fingerprint density at radius 2 is 1.82 bits per heavy atom. The molecule has 3 aromatic rings. The first kappa shape index (κ1) is 22.9. The van der Waals surface area contributed by atoms with Crippen LogP contribution in [0, 0.1) is 0 Å². The van der Waals surface area contributed by atoms with E-state index in [1.54, 1.807) is 18.2 Å². The number of nitrogens with zero attached hydrogens (tertiary/aromatic N) is 2. The van der Waals surface area contributed by atoms with Gasteiger partial charge in [-0.15, -0.1) is 0 Å². The molecule has 0 radical (unpaired) electrons. The Hall–Kier alpha value is -3.31. The maximum atomic E-state index is 12.7. The van der Waals surface area contributed by atoms with Gasteiger partial charge in [0.15, 0.2) is 0 Å². The first-order valence-electron chi connectivity index (χ1n) is 10.7. The number of carbonyl (C=O) groups excluding carboxylic acids is 1. The minimum atomic E-state index is -4.04. The fourth-order valence-corrected chi connectivity index (χ4v) is 4.52. The molecule has 0 unspecified atom stereocenters. The minimum absolute atomic E-state index is 0.0173. The highest BCUT2D eigenvalue weighted by Gasteiger charge is 2.18. The lowest BCUT2D eigenvalue weighted by Gasteiger charge is -2.26. The SMILES string of the molecule is COC(=O)Nc1nc2ccc(OS(=O)(=O)c3ccc(OCCN4CCCCC4)cc3)cc2[nH]1. The molecule has 2 heterocycles. The van der Waals surface area contributed by atoms with Crippen LogP contribution < -0.4 is 14.2 Å². The van der Waals surface area contributed by atoms with Gasteiger partial charge in [-0.1, -0.05) is 6.42 Å². The van der Waals surface area contributed by atoms with Crippen LogP contribution in [0.15, 0.2) is 47.4 Å². The van der Waals surface area contributed by atoms with Crippen LogP contribution >= 0.6 is 0 Å². The lowest BCUT2D eigenvalue weighted by atomic mass is 10.1. The van der Waals surface area contributed by atoms with Gasteiger partial charge in [0.1, 0.15) is 23.0 Å². The Morgan fingerprint density at radius 1 is 1.09 bits per heavy atom. The summed E-state index contributed by atoms with van der Waals surface area (Å²) in [5.41, 5.74) is 1.02. The minimum Gasteiger partial charge on any atom is -0.492 e. The molecule has 1 aromatic heterocycles. The van der Waals surface area contributed by atoms with Gasteiger partial charge < -0.3 is 18.6 Å². The maximum absolute atomic E-state index is 12.7. The quantitative estimate of drug-likeness (QED) is 0.477. The molecule has 1 saturated heterocycles. The topological polar surface area (TPSA) is 123 Å². The molecule has 0 aliphatic carbocycles. The van der Waals surface area contributed by atoms with Gasteiger partial charge in [-0.3, -0.25) is 10.2 Å². The summed E-state index contributed by atoms with van der Waals surface area (Å²) in [6.45, 7) is 3.62. The van der Waals surface area contributed by atoms with E-state index in [4.69, 9.17) is 8.92 Å². The molecule has 176 valence electrons. The van der Waals surface area contributed by atoms with E-state index in [2.05, 4.69) is 24.9 Å². The van der Waals surface area contributed by atoms with Gasteiger partial charge in [-0.25, -0.2) is 9.78 Å². The number of amides is 1. The molecular weight excluding hydrogens is 448 g/mol. The average Bonchev–Trinajstić information content (AvgIpc) is 3.21. The van der Waals surface area contributed by atoms with Crippen molar-refractivity contribution < 1.29 is 26.9 Å². The number of hydrogen-bond donors (Lipinski definition) is 2. The number of rotatable bonds is 8. The van der Waals surface area contributed by atoms with Crippen molar-refractivity contribution in [1.29, 1.82) is 0 Å². The number of methoxy groups -OCH3 is 1. The molecule has 4 rings (SSSR count). The number of carbonyl (C=O) groups is 1. The molecule has 2 N–H and O–H groups in total. The predicted molar refractivity (Wildman–Crippen MR) is 122 cm³/mol. The van der Waals surface area contributed by atoms with Gasteiger partial charge in [-0.05, 0) is 62.3 Å². The molecule has 1 fully saturated rings. The number of anilines is 1. The first-order valence-corrected chi connectivity index (χ1v) is 12.1. The van der Waals surface area contributed by atoms with E-state index in [0.717, 1.165) is 19.6 Å². The lowest BCUT2D eigenvalue weighted by Crippen LogP contribution is -2.33. The van der Waals surface area contributed by atoms with E-state index in [1.165, 1.54) is 50.6 Å². The number of imidazole rings is 1. The molecule has 0 atom stereocenters. The fraction of sp³-hybridized carbons (Fsp3) is 0.364. The van der Waals surface area contributed by atoms with Gasteiger partial charge in [0.05, 0.1) is 18.1 Å². The van der Waals surface area contributed by atoms with Crippen LogP contribution in [0.2, 0.25) is 0 Å². The Bertz CT molecular complexity index is 1200. The summed E-state index contributed by atoms with van der Waals surface area (Å²) in [6.07, 6.45) is 3.07. The molecule has 1 amide bonds. The number of fused-ring (bicyclic) bond motifs is 1. The molecular formula is C22H26N4O6S. The average molecular weight is 475 g/mol. The van der Waals surface area contributed by atoms with E-state index in [1.807, 2.05) is 0 Å². The van der Waals surface area contributed by atoms with Crippen molar-refractivity contribution >= 4 is 33.2 Å². The zero-order valence-electron chi connectivity index (χ0n) is 18.2. The highest BCUT2D eigenvalue weighted by Crippen LogP contribution is 2.25. The number of nitrogens with one attached hydrogen (secondary N) is 2. The smallest absolute Gasteiger partial charge is 0.413 e. The molecule has 11 heteroatoms. The van der Waals surface area contributed by atoms with E-state index >= 15 is 0 Å². The molecule has 2 aromatic carbocycles. The van der Waals surface area contributed by atoms with Crippen molar-refractivity contribution in [2.75, 3.05) is 38.7 Å². The largest absolute Gasteiger partial charge is 0.492 e. The standard InChI is InChI=1S/C22H26N4O6S/c1-30-22(27)25-21-23-19-10-7-17(15-20(19)24-21)32-33(28,29)18-8-5-16(6-9-18)31-14-13-26-11-3-2-4-12-26/h5-10,15H,2-4,11-14H2,1H3,(H2,23,24,25,27). The number of benzene rings is 2. The van der Waals surface area contributed by atoms with Crippen molar-refractivity contribution in [3.63, 3.8) is 0 Å². The Kier molecular flexibility index (Phi) is 6.99. The van der Waals surface area contributed by atoms with Crippen LogP contribution in [0.4, 0.5) is 10.7 Å². The number of H-pyrrole nitrogens is 1. The number of aromatic amines is 1. The number of ether oxygens (including phenoxy) is 2. The highest BCUT2D eigenvalue weighted by atomic mass is 32.2. The predicted octanol–water partition coefficient (Wildman–Crippen LogP) is 3.37. The van der Waals surface area contributed by atoms with Crippen LogP contribution in [0.1, 0.15) is 19.3 Å². The monoisotopic (exact) mass is 474 g/mol. The van der Waals surface area contributed by atoms with Gasteiger partial charge >= 0.3 is 16.2 Å².